The number of phenols is 1. The first kappa shape index (κ1) is 18.3. The van der Waals surface area contributed by atoms with E-state index in [1.165, 1.54) is 0 Å². The highest BCUT2D eigenvalue weighted by molar-refractivity contribution is 5.84. The molecule has 1 fully saturated rings. The second kappa shape index (κ2) is 7.90. The van der Waals surface area contributed by atoms with Crippen LogP contribution in [0.2, 0.25) is 0 Å². The Balaban J connectivity index is 1.48. The van der Waals surface area contributed by atoms with Gasteiger partial charge in [-0.05, 0) is 52.2 Å². The average Bonchev–Trinajstić information content (AvgIpc) is 2.73. The van der Waals surface area contributed by atoms with Gasteiger partial charge < -0.3 is 19.5 Å². The zero-order valence-electron chi connectivity index (χ0n) is 15.8. The van der Waals surface area contributed by atoms with Gasteiger partial charge in [-0.3, -0.25) is 4.79 Å². The molecule has 144 valence electrons. The summed E-state index contributed by atoms with van der Waals surface area (Å²) in [6, 6.07) is 19.1. The SMILES string of the molecule is COc1ccc2cc([C@@H]3CN(C(=O)Cc4cccc(O)c4)CCO3)ccc2c1. The molecule has 0 unspecified atom stereocenters. The maximum Gasteiger partial charge on any atom is 0.227 e. The van der Waals surface area contributed by atoms with E-state index in [4.69, 9.17) is 9.47 Å². The molecule has 0 aliphatic carbocycles. The number of fused-ring (bicyclic) bond motifs is 1. The van der Waals surface area contributed by atoms with Crippen molar-refractivity contribution in [1.29, 1.82) is 0 Å². The lowest BCUT2D eigenvalue weighted by molar-refractivity contribution is -0.138. The molecule has 3 aromatic rings. The first-order chi connectivity index (χ1) is 13.6. The number of methoxy groups -OCH3 is 1. The summed E-state index contributed by atoms with van der Waals surface area (Å²) in [7, 11) is 1.66. The summed E-state index contributed by atoms with van der Waals surface area (Å²) in [6.45, 7) is 1.62. The summed E-state index contributed by atoms with van der Waals surface area (Å²) in [6.07, 6.45) is 0.131. The fraction of sp³-hybridized carbons (Fsp3) is 0.261. The molecular weight excluding hydrogens is 354 g/mol. The average molecular weight is 377 g/mol. The summed E-state index contributed by atoms with van der Waals surface area (Å²) >= 11 is 0. The minimum atomic E-state index is -0.145. The lowest BCUT2D eigenvalue weighted by atomic mass is 10.0. The number of rotatable bonds is 4. The van der Waals surface area contributed by atoms with Gasteiger partial charge >= 0.3 is 0 Å². The molecule has 1 N–H and O–H groups in total. The van der Waals surface area contributed by atoms with E-state index in [0.717, 1.165) is 27.6 Å². The van der Waals surface area contributed by atoms with Crippen molar-refractivity contribution in [1.82, 2.24) is 4.90 Å². The summed E-state index contributed by atoms with van der Waals surface area (Å²) in [5.74, 6) is 1.06. The Bertz CT molecular complexity index is 1000. The normalized spacial score (nSPS) is 16.9. The Morgan fingerprint density at radius 2 is 1.96 bits per heavy atom. The van der Waals surface area contributed by atoms with E-state index >= 15 is 0 Å². The van der Waals surface area contributed by atoms with Gasteiger partial charge in [-0.25, -0.2) is 0 Å². The molecule has 1 heterocycles. The number of morpholine rings is 1. The molecule has 1 atom stereocenters. The second-order valence-corrected chi connectivity index (χ2v) is 7.02. The van der Waals surface area contributed by atoms with Gasteiger partial charge in [-0.15, -0.1) is 0 Å². The quantitative estimate of drug-likeness (QED) is 0.753. The predicted octanol–water partition coefficient (Wildman–Crippen LogP) is 3.70. The lowest BCUT2D eigenvalue weighted by Gasteiger charge is -2.33. The molecule has 0 radical (unpaired) electrons. The minimum absolute atomic E-state index is 0.0458. The van der Waals surface area contributed by atoms with Gasteiger partial charge in [0, 0.05) is 6.54 Å². The van der Waals surface area contributed by atoms with E-state index in [1.54, 1.807) is 25.3 Å². The van der Waals surface area contributed by atoms with Crippen molar-refractivity contribution in [3.63, 3.8) is 0 Å². The first-order valence-corrected chi connectivity index (χ1v) is 9.37. The zero-order valence-corrected chi connectivity index (χ0v) is 15.8. The van der Waals surface area contributed by atoms with Crippen molar-refractivity contribution in [3.05, 3.63) is 71.8 Å². The molecule has 1 aliphatic rings. The number of carbonyl (C=O) groups excluding carboxylic acids is 1. The van der Waals surface area contributed by atoms with Crippen LogP contribution in [0.1, 0.15) is 17.2 Å². The van der Waals surface area contributed by atoms with Crippen LogP contribution in [0.25, 0.3) is 10.8 Å². The summed E-state index contributed by atoms with van der Waals surface area (Å²) < 4.78 is 11.2. The highest BCUT2D eigenvalue weighted by Crippen LogP contribution is 2.28. The topological polar surface area (TPSA) is 59.0 Å². The van der Waals surface area contributed by atoms with Crippen LogP contribution in [-0.2, 0) is 16.0 Å². The Morgan fingerprint density at radius 1 is 1.14 bits per heavy atom. The molecule has 0 saturated carbocycles. The van der Waals surface area contributed by atoms with Crippen molar-refractivity contribution in [2.24, 2.45) is 0 Å². The fourth-order valence-electron chi connectivity index (χ4n) is 3.60. The third kappa shape index (κ3) is 3.94. The third-order valence-electron chi connectivity index (χ3n) is 5.13. The molecular formula is C23H23NO4. The van der Waals surface area contributed by atoms with Crippen molar-refractivity contribution in [2.45, 2.75) is 12.5 Å². The van der Waals surface area contributed by atoms with Gasteiger partial charge in [0.05, 0.1) is 26.7 Å². The van der Waals surface area contributed by atoms with Crippen LogP contribution in [0.15, 0.2) is 60.7 Å². The summed E-state index contributed by atoms with van der Waals surface area (Å²) in [5.41, 5.74) is 1.88. The van der Waals surface area contributed by atoms with Crippen molar-refractivity contribution < 1.29 is 19.4 Å². The number of ether oxygens (including phenoxy) is 2. The van der Waals surface area contributed by atoms with E-state index in [0.29, 0.717) is 19.7 Å². The van der Waals surface area contributed by atoms with E-state index in [9.17, 15) is 9.90 Å². The number of hydrogen-bond donors (Lipinski definition) is 1. The van der Waals surface area contributed by atoms with Gasteiger partial charge in [0.2, 0.25) is 5.91 Å². The van der Waals surface area contributed by atoms with Gasteiger partial charge in [0.1, 0.15) is 17.6 Å². The molecule has 28 heavy (non-hydrogen) atoms. The third-order valence-corrected chi connectivity index (χ3v) is 5.13. The molecule has 5 heteroatoms. The number of nitrogens with zero attached hydrogens (tertiary/aromatic N) is 1. The highest BCUT2D eigenvalue weighted by Gasteiger charge is 2.25. The number of amides is 1. The Morgan fingerprint density at radius 3 is 2.79 bits per heavy atom. The van der Waals surface area contributed by atoms with Gasteiger partial charge in [-0.1, -0.05) is 30.3 Å². The standard InChI is InChI=1S/C23H23NO4/c1-27-21-8-7-17-13-19(6-5-18(17)14-21)22-15-24(9-10-28-22)23(26)12-16-3-2-4-20(25)11-16/h2-8,11,13-14,22,25H,9-10,12,15H2,1H3/t22-/m0/s1. The lowest BCUT2D eigenvalue weighted by Crippen LogP contribution is -2.42. The maximum absolute atomic E-state index is 12.7. The number of carbonyl (C=O) groups is 1. The number of phenolic OH excluding ortho intramolecular Hbond substituents is 1. The van der Waals surface area contributed by atoms with Gasteiger partial charge in [0.25, 0.3) is 0 Å². The maximum atomic E-state index is 12.7. The van der Waals surface area contributed by atoms with Crippen molar-refractivity contribution in [3.8, 4) is 11.5 Å². The summed E-state index contributed by atoms with van der Waals surface area (Å²) in [5, 5.41) is 11.8. The molecule has 4 rings (SSSR count). The zero-order chi connectivity index (χ0) is 19.5. The van der Waals surface area contributed by atoms with Crippen LogP contribution in [0.5, 0.6) is 11.5 Å². The smallest absolute Gasteiger partial charge is 0.227 e. The molecule has 0 bridgehead atoms. The molecule has 0 aromatic heterocycles. The van der Waals surface area contributed by atoms with Crippen LogP contribution in [-0.4, -0.2) is 42.7 Å². The molecule has 5 nitrogen and oxygen atoms in total. The highest BCUT2D eigenvalue weighted by atomic mass is 16.5. The number of aromatic hydroxyl groups is 1. The minimum Gasteiger partial charge on any atom is -0.508 e. The van der Waals surface area contributed by atoms with Crippen LogP contribution >= 0.6 is 0 Å². The van der Waals surface area contributed by atoms with Crippen LogP contribution < -0.4 is 4.74 Å². The molecule has 1 saturated heterocycles. The number of benzene rings is 3. The van der Waals surface area contributed by atoms with E-state index in [2.05, 4.69) is 18.2 Å². The van der Waals surface area contributed by atoms with Gasteiger partial charge in [0.15, 0.2) is 0 Å². The molecule has 1 amide bonds. The largest absolute Gasteiger partial charge is 0.508 e. The Kier molecular flexibility index (Phi) is 5.17. The van der Waals surface area contributed by atoms with Crippen molar-refractivity contribution in [2.75, 3.05) is 26.8 Å². The first-order valence-electron chi connectivity index (χ1n) is 9.37. The molecule has 1 aliphatic heterocycles. The summed E-state index contributed by atoms with van der Waals surface area (Å²) in [4.78, 5) is 14.6. The monoisotopic (exact) mass is 377 g/mol. The second-order valence-electron chi connectivity index (χ2n) is 7.02. The van der Waals surface area contributed by atoms with Crippen LogP contribution in [0, 0.1) is 0 Å². The fourth-order valence-corrected chi connectivity index (χ4v) is 3.60. The van der Waals surface area contributed by atoms with Crippen LogP contribution in [0.4, 0.5) is 0 Å². The van der Waals surface area contributed by atoms with Crippen molar-refractivity contribution >= 4 is 16.7 Å². The van der Waals surface area contributed by atoms with E-state index in [-0.39, 0.29) is 24.2 Å². The van der Waals surface area contributed by atoms with E-state index in [1.807, 2.05) is 29.2 Å². The molecule has 3 aromatic carbocycles. The predicted molar refractivity (Wildman–Crippen MR) is 108 cm³/mol. The van der Waals surface area contributed by atoms with E-state index < -0.39 is 0 Å². The number of hydrogen-bond acceptors (Lipinski definition) is 4. The Hall–Kier alpha value is -3.05. The Labute approximate surface area is 164 Å². The molecule has 0 spiro atoms. The van der Waals surface area contributed by atoms with Gasteiger partial charge in [-0.2, -0.15) is 0 Å². The van der Waals surface area contributed by atoms with Crippen LogP contribution in [0.3, 0.4) is 0 Å².